The van der Waals surface area contributed by atoms with Crippen molar-refractivity contribution < 1.29 is 23.8 Å². The molecule has 0 saturated heterocycles. The third-order valence-corrected chi connectivity index (χ3v) is 4.73. The lowest BCUT2D eigenvalue weighted by Crippen LogP contribution is -2.40. The SMILES string of the molecule is COC(=O)CCN(C(=O)CCCOc1ccc(OC)cc1)C1CCCC1. The van der Waals surface area contributed by atoms with Crippen LogP contribution in [0.1, 0.15) is 44.9 Å². The molecule has 0 atom stereocenters. The van der Waals surface area contributed by atoms with E-state index in [0.717, 1.165) is 37.2 Å². The minimum absolute atomic E-state index is 0.0964. The molecule has 1 aromatic rings. The van der Waals surface area contributed by atoms with Gasteiger partial charge in [-0.3, -0.25) is 9.59 Å². The van der Waals surface area contributed by atoms with Gasteiger partial charge in [0.25, 0.3) is 0 Å². The number of amides is 1. The zero-order chi connectivity index (χ0) is 18.8. The summed E-state index contributed by atoms with van der Waals surface area (Å²) in [5.41, 5.74) is 0. The van der Waals surface area contributed by atoms with E-state index in [9.17, 15) is 9.59 Å². The van der Waals surface area contributed by atoms with Crippen molar-refractivity contribution in [2.24, 2.45) is 0 Å². The second kappa shape index (κ2) is 10.7. The molecule has 6 nitrogen and oxygen atoms in total. The number of hydrogen-bond donors (Lipinski definition) is 0. The van der Waals surface area contributed by atoms with Crippen LogP contribution in [-0.4, -0.2) is 50.2 Å². The molecule has 1 aliphatic carbocycles. The first kappa shape index (κ1) is 20.1. The van der Waals surface area contributed by atoms with Crippen molar-refractivity contribution >= 4 is 11.9 Å². The Labute approximate surface area is 155 Å². The molecule has 26 heavy (non-hydrogen) atoms. The fourth-order valence-electron chi connectivity index (χ4n) is 3.27. The molecule has 1 aliphatic rings. The Morgan fingerprint density at radius 3 is 2.31 bits per heavy atom. The average molecular weight is 363 g/mol. The Kier molecular flexibility index (Phi) is 8.25. The summed E-state index contributed by atoms with van der Waals surface area (Å²) in [6.07, 6.45) is 5.66. The van der Waals surface area contributed by atoms with Crippen LogP contribution in [0.5, 0.6) is 11.5 Å². The monoisotopic (exact) mass is 363 g/mol. The van der Waals surface area contributed by atoms with Gasteiger partial charge in [-0.05, 0) is 43.5 Å². The van der Waals surface area contributed by atoms with Gasteiger partial charge in [0.2, 0.25) is 5.91 Å². The summed E-state index contributed by atoms with van der Waals surface area (Å²) in [4.78, 5) is 25.9. The number of nitrogens with zero attached hydrogens (tertiary/aromatic N) is 1. The zero-order valence-electron chi connectivity index (χ0n) is 15.7. The first-order valence-corrected chi connectivity index (χ1v) is 9.27. The molecular formula is C20H29NO5. The highest BCUT2D eigenvalue weighted by Crippen LogP contribution is 2.24. The number of hydrogen-bond acceptors (Lipinski definition) is 5. The van der Waals surface area contributed by atoms with Crippen molar-refractivity contribution in [3.8, 4) is 11.5 Å². The van der Waals surface area contributed by atoms with Gasteiger partial charge >= 0.3 is 5.97 Å². The summed E-state index contributed by atoms with van der Waals surface area (Å²) >= 11 is 0. The van der Waals surface area contributed by atoms with Crippen LogP contribution in [0.3, 0.4) is 0 Å². The Morgan fingerprint density at radius 2 is 1.69 bits per heavy atom. The van der Waals surface area contributed by atoms with Gasteiger partial charge in [-0.1, -0.05) is 12.8 Å². The predicted molar refractivity (Wildman–Crippen MR) is 98.3 cm³/mol. The molecule has 1 saturated carbocycles. The van der Waals surface area contributed by atoms with Crippen molar-refractivity contribution in [2.45, 2.75) is 51.0 Å². The molecule has 1 amide bonds. The first-order chi connectivity index (χ1) is 12.6. The van der Waals surface area contributed by atoms with Gasteiger partial charge in [-0.15, -0.1) is 0 Å². The zero-order valence-corrected chi connectivity index (χ0v) is 15.7. The molecule has 0 radical (unpaired) electrons. The summed E-state index contributed by atoms with van der Waals surface area (Å²) < 4.78 is 15.5. The maximum Gasteiger partial charge on any atom is 0.307 e. The summed E-state index contributed by atoms with van der Waals surface area (Å²) in [6, 6.07) is 7.64. The van der Waals surface area contributed by atoms with Crippen molar-refractivity contribution in [2.75, 3.05) is 27.4 Å². The maximum atomic E-state index is 12.6. The number of ether oxygens (including phenoxy) is 3. The van der Waals surface area contributed by atoms with Crippen molar-refractivity contribution in [1.29, 1.82) is 0 Å². The van der Waals surface area contributed by atoms with Crippen LogP contribution in [0.2, 0.25) is 0 Å². The fourth-order valence-corrected chi connectivity index (χ4v) is 3.27. The molecule has 0 aromatic heterocycles. The van der Waals surface area contributed by atoms with Crippen LogP contribution in [-0.2, 0) is 14.3 Å². The predicted octanol–water partition coefficient (Wildman–Crippen LogP) is 3.19. The number of carbonyl (C=O) groups is 2. The van der Waals surface area contributed by atoms with Gasteiger partial charge in [-0.25, -0.2) is 0 Å². The second-order valence-electron chi connectivity index (χ2n) is 6.48. The van der Waals surface area contributed by atoms with Gasteiger partial charge in [0.1, 0.15) is 11.5 Å². The third kappa shape index (κ3) is 6.24. The summed E-state index contributed by atoms with van der Waals surface area (Å²) in [5.74, 6) is 1.37. The van der Waals surface area contributed by atoms with E-state index in [1.54, 1.807) is 7.11 Å². The Morgan fingerprint density at radius 1 is 1.04 bits per heavy atom. The minimum atomic E-state index is -0.274. The Balaban J connectivity index is 1.76. The molecule has 1 aromatic carbocycles. The normalized spacial score (nSPS) is 14.1. The number of rotatable bonds is 10. The number of carbonyl (C=O) groups excluding carboxylic acids is 2. The van der Waals surface area contributed by atoms with Crippen LogP contribution in [0.15, 0.2) is 24.3 Å². The fraction of sp³-hybridized carbons (Fsp3) is 0.600. The summed E-state index contributed by atoms with van der Waals surface area (Å²) in [5, 5.41) is 0. The van der Waals surface area contributed by atoms with Gasteiger partial charge in [0, 0.05) is 19.0 Å². The molecule has 144 valence electrons. The Hall–Kier alpha value is -2.24. The molecule has 2 rings (SSSR count). The lowest BCUT2D eigenvalue weighted by molar-refractivity contribution is -0.142. The molecular weight excluding hydrogens is 334 g/mol. The van der Waals surface area contributed by atoms with Crippen LogP contribution in [0.4, 0.5) is 0 Å². The van der Waals surface area contributed by atoms with Crippen molar-refractivity contribution in [3.05, 3.63) is 24.3 Å². The standard InChI is InChI=1S/C20H29NO5/c1-24-17-9-11-18(12-10-17)26-15-5-8-19(22)21(14-13-20(23)25-2)16-6-3-4-7-16/h9-12,16H,3-8,13-15H2,1-2H3. The topological polar surface area (TPSA) is 65.1 Å². The van der Waals surface area contributed by atoms with Gasteiger partial charge < -0.3 is 19.1 Å². The first-order valence-electron chi connectivity index (χ1n) is 9.27. The molecule has 0 aliphatic heterocycles. The lowest BCUT2D eigenvalue weighted by Gasteiger charge is -2.29. The average Bonchev–Trinajstić information content (AvgIpc) is 3.20. The van der Waals surface area contributed by atoms with E-state index in [-0.39, 0.29) is 24.3 Å². The third-order valence-electron chi connectivity index (χ3n) is 4.73. The van der Waals surface area contributed by atoms with Gasteiger partial charge in [0.15, 0.2) is 0 Å². The number of benzene rings is 1. The van der Waals surface area contributed by atoms with Crippen LogP contribution in [0.25, 0.3) is 0 Å². The number of esters is 1. The van der Waals surface area contributed by atoms with E-state index in [0.29, 0.717) is 26.0 Å². The van der Waals surface area contributed by atoms with E-state index in [1.807, 2.05) is 29.2 Å². The molecule has 0 bridgehead atoms. The quantitative estimate of drug-likeness (QED) is 0.472. The molecule has 1 fully saturated rings. The van der Waals surface area contributed by atoms with Crippen LogP contribution >= 0.6 is 0 Å². The smallest absolute Gasteiger partial charge is 0.307 e. The molecule has 0 unspecified atom stereocenters. The van der Waals surface area contributed by atoms with E-state index in [2.05, 4.69) is 0 Å². The summed E-state index contributed by atoms with van der Waals surface area (Å²) in [7, 11) is 3.00. The second-order valence-corrected chi connectivity index (χ2v) is 6.48. The highest BCUT2D eigenvalue weighted by atomic mass is 16.5. The van der Waals surface area contributed by atoms with E-state index in [4.69, 9.17) is 14.2 Å². The van der Waals surface area contributed by atoms with E-state index < -0.39 is 0 Å². The Bertz CT molecular complexity index is 566. The lowest BCUT2D eigenvalue weighted by atomic mass is 10.1. The van der Waals surface area contributed by atoms with Crippen LogP contribution in [0, 0.1) is 0 Å². The van der Waals surface area contributed by atoms with Gasteiger partial charge in [-0.2, -0.15) is 0 Å². The minimum Gasteiger partial charge on any atom is -0.497 e. The molecule has 6 heteroatoms. The highest BCUT2D eigenvalue weighted by Gasteiger charge is 2.26. The van der Waals surface area contributed by atoms with E-state index in [1.165, 1.54) is 7.11 Å². The molecule has 0 spiro atoms. The van der Waals surface area contributed by atoms with Crippen LogP contribution < -0.4 is 9.47 Å². The number of methoxy groups -OCH3 is 2. The summed E-state index contributed by atoms with van der Waals surface area (Å²) in [6.45, 7) is 0.920. The van der Waals surface area contributed by atoms with Crippen molar-refractivity contribution in [3.63, 3.8) is 0 Å². The largest absolute Gasteiger partial charge is 0.497 e. The van der Waals surface area contributed by atoms with E-state index >= 15 is 0 Å². The molecule has 0 N–H and O–H groups in total. The highest BCUT2D eigenvalue weighted by molar-refractivity contribution is 5.77. The molecule has 0 heterocycles. The van der Waals surface area contributed by atoms with Gasteiger partial charge in [0.05, 0.1) is 27.2 Å². The van der Waals surface area contributed by atoms with Crippen molar-refractivity contribution in [1.82, 2.24) is 4.90 Å². The maximum absolute atomic E-state index is 12.6.